The minimum atomic E-state index is 0.674. The number of hydrogen-bond acceptors (Lipinski definition) is 4. The summed E-state index contributed by atoms with van der Waals surface area (Å²) in [5, 5.41) is 0.674. The van der Waals surface area contributed by atoms with Gasteiger partial charge in [0.2, 0.25) is 0 Å². The molecule has 2 rings (SSSR count). The van der Waals surface area contributed by atoms with Gasteiger partial charge < -0.3 is 9.15 Å². The Labute approximate surface area is 92.5 Å². The molecule has 0 aliphatic rings. The standard InChI is InChI=1S/C11H11NO2S/c1-13-9-5-3-4-8(6-9)10-7-12-11(14-10)15-2/h3-7H,1-2H3. The van der Waals surface area contributed by atoms with E-state index in [9.17, 15) is 0 Å². The Morgan fingerprint density at radius 1 is 1.40 bits per heavy atom. The number of ether oxygens (including phenoxy) is 1. The van der Waals surface area contributed by atoms with Crippen LogP contribution < -0.4 is 4.74 Å². The maximum absolute atomic E-state index is 5.51. The molecule has 0 aliphatic heterocycles. The number of aromatic nitrogens is 1. The summed E-state index contributed by atoms with van der Waals surface area (Å²) < 4.78 is 10.7. The number of rotatable bonds is 3. The predicted molar refractivity (Wildman–Crippen MR) is 60.3 cm³/mol. The maximum atomic E-state index is 5.51. The van der Waals surface area contributed by atoms with Crippen molar-refractivity contribution < 1.29 is 9.15 Å². The number of hydrogen-bond donors (Lipinski definition) is 0. The van der Waals surface area contributed by atoms with Crippen LogP contribution in [-0.4, -0.2) is 18.3 Å². The van der Waals surface area contributed by atoms with E-state index in [2.05, 4.69) is 4.98 Å². The topological polar surface area (TPSA) is 35.3 Å². The molecule has 0 saturated heterocycles. The first-order chi connectivity index (χ1) is 7.33. The van der Waals surface area contributed by atoms with Crippen molar-refractivity contribution in [1.82, 2.24) is 4.98 Å². The van der Waals surface area contributed by atoms with E-state index in [1.807, 2.05) is 30.5 Å². The Morgan fingerprint density at radius 2 is 2.27 bits per heavy atom. The van der Waals surface area contributed by atoms with E-state index >= 15 is 0 Å². The second-order valence-electron chi connectivity index (χ2n) is 2.93. The number of thioether (sulfide) groups is 1. The van der Waals surface area contributed by atoms with E-state index in [4.69, 9.17) is 9.15 Å². The lowest BCUT2D eigenvalue weighted by Crippen LogP contribution is -1.82. The van der Waals surface area contributed by atoms with E-state index in [0.717, 1.165) is 17.1 Å². The molecule has 2 aromatic rings. The van der Waals surface area contributed by atoms with Crippen molar-refractivity contribution >= 4 is 11.8 Å². The lowest BCUT2D eigenvalue weighted by molar-refractivity contribution is 0.414. The quantitative estimate of drug-likeness (QED) is 0.746. The first-order valence-electron chi connectivity index (χ1n) is 4.47. The first kappa shape index (κ1) is 10.1. The molecule has 0 bridgehead atoms. The molecule has 0 spiro atoms. The summed E-state index contributed by atoms with van der Waals surface area (Å²) >= 11 is 1.49. The first-order valence-corrected chi connectivity index (χ1v) is 5.70. The zero-order chi connectivity index (χ0) is 10.7. The molecule has 0 N–H and O–H groups in total. The molecule has 0 aliphatic carbocycles. The van der Waals surface area contributed by atoms with Gasteiger partial charge in [0, 0.05) is 5.56 Å². The van der Waals surface area contributed by atoms with Gasteiger partial charge in [0.25, 0.3) is 5.22 Å². The number of methoxy groups -OCH3 is 1. The van der Waals surface area contributed by atoms with Crippen LogP contribution in [0.25, 0.3) is 11.3 Å². The van der Waals surface area contributed by atoms with E-state index in [-0.39, 0.29) is 0 Å². The van der Waals surface area contributed by atoms with Crippen LogP contribution in [0.1, 0.15) is 0 Å². The Morgan fingerprint density at radius 3 is 2.93 bits per heavy atom. The van der Waals surface area contributed by atoms with E-state index in [1.165, 1.54) is 11.8 Å². The average Bonchev–Trinajstić information content (AvgIpc) is 2.78. The summed E-state index contributed by atoms with van der Waals surface area (Å²) in [5.41, 5.74) is 0.974. The zero-order valence-corrected chi connectivity index (χ0v) is 9.38. The molecular formula is C11H11NO2S. The van der Waals surface area contributed by atoms with Gasteiger partial charge in [-0.25, -0.2) is 4.98 Å². The van der Waals surface area contributed by atoms with E-state index < -0.39 is 0 Å². The van der Waals surface area contributed by atoms with Crippen molar-refractivity contribution in [1.29, 1.82) is 0 Å². The molecule has 1 aromatic heterocycles. The summed E-state index contributed by atoms with van der Waals surface area (Å²) in [6.45, 7) is 0. The molecule has 1 aromatic carbocycles. The minimum absolute atomic E-state index is 0.674. The van der Waals surface area contributed by atoms with Gasteiger partial charge in [-0.05, 0) is 18.4 Å². The fraction of sp³-hybridized carbons (Fsp3) is 0.182. The molecule has 0 amide bonds. The van der Waals surface area contributed by atoms with Crippen molar-refractivity contribution in [2.45, 2.75) is 5.22 Å². The van der Waals surface area contributed by atoms with Gasteiger partial charge in [-0.15, -0.1) is 0 Å². The number of nitrogens with zero attached hydrogens (tertiary/aromatic N) is 1. The van der Waals surface area contributed by atoms with Gasteiger partial charge in [-0.1, -0.05) is 23.9 Å². The molecule has 0 fully saturated rings. The van der Waals surface area contributed by atoms with Gasteiger partial charge in [-0.2, -0.15) is 0 Å². The molecule has 4 heteroatoms. The van der Waals surface area contributed by atoms with Crippen LogP contribution >= 0.6 is 11.8 Å². The minimum Gasteiger partial charge on any atom is -0.497 e. The van der Waals surface area contributed by atoms with Gasteiger partial charge in [0.15, 0.2) is 5.76 Å². The lowest BCUT2D eigenvalue weighted by Gasteiger charge is -2.00. The number of benzene rings is 1. The molecule has 78 valence electrons. The van der Waals surface area contributed by atoms with Crippen molar-refractivity contribution in [3.05, 3.63) is 30.5 Å². The Kier molecular flexibility index (Phi) is 2.97. The van der Waals surface area contributed by atoms with Crippen LogP contribution in [0.3, 0.4) is 0 Å². The Balaban J connectivity index is 2.35. The normalized spacial score (nSPS) is 10.3. The van der Waals surface area contributed by atoms with Gasteiger partial charge >= 0.3 is 0 Å². The summed E-state index contributed by atoms with van der Waals surface area (Å²) in [5.74, 6) is 1.58. The van der Waals surface area contributed by atoms with Crippen molar-refractivity contribution in [3.8, 4) is 17.1 Å². The lowest BCUT2D eigenvalue weighted by atomic mass is 10.2. The highest BCUT2D eigenvalue weighted by atomic mass is 32.2. The third-order valence-corrected chi connectivity index (χ3v) is 2.55. The highest BCUT2D eigenvalue weighted by Gasteiger charge is 2.05. The molecule has 0 radical (unpaired) electrons. The van der Waals surface area contributed by atoms with Crippen LogP contribution in [0.2, 0.25) is 0 Å². The smallest absolute Gasteiger partial charge is 0.255 e. The van der Waals surface area contributed by atoms with Crippen molar-refractivity contribution in [2.75, 3.05) is 13.4 Å². The Bertz CT molecular complexity index is 453. The largest absolute Gasteiger partial charge is 0.497 e. The van der Waals surface area contributed by atoms with Gasteiger partial charge in [0.05, 0.1) is 13.3 Å². The highest BCUT2D eigenvalue weighted by Crippen LogP contribution is 2.26. The molecule has 0 unspecified atom stereocenters. The average molecular weight is 221 g/mol. The summed E-state index contributed by atoms with van der Waals surface area (Å²) in [6, 6.07) is 7.71. The molecule has 1 heterocycles. The highest BCUT2D eigenvalue weighted by molar-refractivity contribution is 7.98. The van der Waals surface area contributed by atoms with Crippen molar-refractivity contribution in [2.24, 2.45) is 0 Å². The maximum Gasteiger partial charge on any atom is 0.255 e. The van der Waals surface area contributed by atoms with Crippen LogP contribution in [-0.2, 0) is 0 Å². The van der Waals surface area contributed by atoms with E-state index in [0.29, 0.717) is 5.22 Å². The second kappa shape index (κ2) is 4.40. The predicted octanol–water partition coefficient (Wildman–Crippen LogP) is 3.07. The fourth-order valence-corrected chi connectivity index (χ4v) is 1.59. The third-order valence-electron chi connectivity index (χ3n) is 2.01. The van der Waals surface area contributed by atoms with Gasteiger partial charge in [-0.3, -0.25) is 0 Å². The fourth-order valence-electron chi connectivity index (χ4n) is 1.26. The summed E-state index contributed by atoms with van der Waals surface area (Å²) in [7, 11) is 1.65. The molecule has 15 heavy (non-hydrogen) atoms. The van der Waals surface area contributed by atoms with Crippen LogP contribution in [0, 0.1) is 0 Å². The summed E-state index contributed by atoms with van der Waals surface area (Å²) in [4.78, 5) is 4.12. The number of oxazole rings is 1. The van der Waals surface area contributed by atoms with Gasteiger partial charge in [0.1, 0.15) is 5.75 Å². The summed E-state index contributed by atoms with van der Waals surface area (Å²) in [6.07, 6.45) is 3.65. The second-order valence-corrected chi connectivity index (χ2v) is 3.68. The SMILES string of the molecule is COc1cccc(-c2cnc(SC)o2)c1. The van der Waals surface area contributed by atoms with Crippen molar-refractivity contribution in [3.63, 3.8) is 0 Å². The zero-order valence-electron chi connectivity index (χ0n) is 8.56. The molecular weight excluding hydrogens is 210 g/mol. The van der Waals surface area contributed by atoms with E-state index in [1.54, 1.807) is 13.3 Å². The monoisotopic (exact) mass is 221 g/mol. The molecule has 0 atom stereocenters. The molecule has 3 nitrogen and oxygen atoms in total. The van der Waals surface area contributed by atoms with Crippen LogP contribution in [0.4, 0.5) is 0 Å². The Hall–Kier alpha value is -1.42. The third kappa shape index (κ3) is 2.15. The molecule has 0 saturated carbocycles. The van der Waals surface area contributed by atoms with Crippen LogP contribution in [0.5, 0.6) is 5.75 Å². The van der Waals surface area contributed by atoms with Crippen LogP contribution in [0.15, 0.2) is 40.1 Å².